The first-order valence-electron chi connectivity index (χ1n) is 4.01. The molecule has 3 nitrogen and oxygen atoms in total. The van der Waals surface area contributed by atoms with Gasteiger partial charge < -0.3 is 14.3 Å². The van der Waals surface area contributed by atoms with E-state index in [-0.39, 0.29) is 0 Å². The van der Waals surface area contributed by atoms with Crippen LogP contribution in [-0.2, 0) is 4.52 Å². The Morgan fingerprint density at radius 3 is 2.18 bits per heavy atom. The second-order valence-electron chi connectivity index (χ2n) is 2.56. The monoisotopic (exact) mass is 180 g/mol. The van der Waals surface area contributed by atoms with Gasteiger partial charge in [-0.1, -0.05) is 26.7 Å². The van der Waals surface area contributed by atoms with Gasteiger partial charge in [-0.05, 0) is 12.3 Å². The predicted molar refractivity (Wildman–Crippen MR) is 46.0 cm³/mol. The van der Waals surface area contributed by atoms with Crippen LogP contribution in [-0.4, -0.2) is 16.4 Å². The second kappa shape index (κ2) is 6.99. The Hall–Kier alpha value is 0.310. The van der Waals surface area contributed by atoms with E-state index in [0.717, 1.165) is 19.3 Å². The molecule has 0 aromatic heterocycles. The molecular formula is C7H17O3P. The van der Waals surface area contributed by atoms with Gasteiger partial charge in [-0.2, -0.15) is 0 Å². The van der Waals surface area contributed by atoms with E-state index < -0.39 is 8.60 Å². The largest absolute Gasteiger partial charge is 0.328 e. The molecule has 11 heavy (non-hydrogen) atoms. The van der Waals surface area contributed by atoms with E-state index in [4.69, 9.17) is 9.79 Å². The van der Waals surface area contributed by atoms with Crippen molar-refractivity contribution in [2.24, 2.45) is 5.92 Å². The Kier molecular flexibility index (Phi) is 7.18. The summed E-state index contributed by atoms with van der Waals surface area (Å²) in [6, 6.07) is 0. The first kappa shape index (κ1) is 11.3. The smallest absolute Gasteiger partial charge is 0.327 e. The van der Waals surface area contributed by atoms with E-state index in [1.54, 1.807) is 0 Å². The second-order valence-corrected chi connectivity index (χ2v) is 3.32. The topological polar surface area (TPSA) is 49.7 Å². The molecule has 0 amide bonds. The van der Waals surface area contributed by atoms with Crippen LogP contribution >= 0.6 is 8.60 Å². The van der Waals surface area contributed by atoms with Gasteiger partial charge in [-0.25, -0.2) is 0 Å². The van der Waals surface area contributed by atoms with Gasteiger partial charge >= 0.3 is 8.60 Å². The van der Waals surface area contributed by atoms with Gasteiger partial charge in [-0.3, -0.25) is 0 Å². The molecule has 0 aromatic carbocycles. The number of hydrogen-bond acceptors (Lipinski definition) is 3. The predicted octanol–water partition coefficient (Wildman–Crippen LogP) is 2.04. The highest BCUT2D eigenvalue weighted by Gasteiger charge is 2.04. The fourth-order valence-electron chi connectivity index (χ4n) is 0.998. The molecule has 0 heterocycles. The van der Waals surface area contributed by atoms with Crippen molar-refractivity contribution in [1.82, 2.24) is 0 Å². The van der Waals surface area contributed by atoms with E-state index in [1.165, 1.54) is 0 Å². The van der Waals surface area contributed by atoms with Crippen LogP contribution in [0.25, 0.3) is 0 Å². The summed E-state index contributed by atoms with van der Waals surface area (Å²) in [5, 5.41) is 0. The average Bonchev–Trinajstić information content (AvgIpc) is 1.98. The van der Waals surface area contributed by atoms with Crippen LogP contribution in [0.3, 0.4) is 0 Å². The molecule has 2 N–H and O–H groups in total. The summed E-state index contributed by atoms with van der Waals surface area (Å²) in [5.74, 6) is 0.657. The van der Waals surface area contributed by atoms with E-state index in [9.17, 15) is 0 Å². The lowest BCUT2D eigenvalue weighted by atomic mass is 10.0. The highest BCUT2D eigenvalue weighted by molar-refractivity contribution is 7.39. The lowest BCUT2D eigenvalue weighted by Gasteiger charge is -2.11. The van der Waals surface area contributed by atoms with Gasteiger partial charge in [0.25, 0.3) is 0 Å². The Balaban J connectivity index is 3.21. The molecule has 0 spiro atoms. The van der Waals surface area contributed by atoms with Crippen molar-refractivity contribution in [3.63, 3.8) is 0 Å². The maximum Gasteiger partial charge on any atom is 0.327 e. The average molecular weight is 180 g/mol. The van der Waals surface area contributed by atoms with Crippen molar-refractivity contribution >= 4 is 8.60 Å². The molecule has 0 unspecified atom stereocenters. The molecule has 0 bridgehead atoms. The Bertz CT molecular complexity index is 83.8. The summed E-state index contributed by atoms with van der Waals surface area (Å²) in [5.41, 5.74) is 0. The Morgan fingerprint density at radius 1 is 1.27 bits per heavy atom. The number of hydrogen-bond donors (Lipinski definition) is 2. The van der Waals surface area contributed by atoms with Crippen LogP contribution in [0.2, 0.25) is 0 Å². The fraction of sp³-hybridized carbons (Fsp3) is 1.00. The summed E-state index contributed by atoms with van der Waals surface area (Å²) in [7, 11) is -2.14. The Morgan fingerprint density at radius 2 is 1.82 bits per heavy atom. The van der Waals surface area contributed by atoms with E-state index in [1.807, 2.05) is 0 Å². The minimum atomic E-state index is -2.14. The zero-order valence-electron chi connectivity index (χ0n) is 7.16. The minimum Gasteiger partial charge on any atom is -0.328 e. The van der Waals surface area contributed by atoms with Crippen molar-refractivity contribution in [3.8, 4) is 0 Å². The molecule has 0 aromatic rings. The third-order valence-corrected chi connectivity index (χ3v) is 2.30. The summed E-state index contributed by atoms with van der Waals surface area (Å²) >= 11 is 0. The van der Waals surface area contributed by atoms with Crippen molar-refractivity contribution in [1.29, 1.82) is 0 Å². The van der Waals surface area contributed by atoms with Crippen molar-refractivity contribution in [3.05, 3.63) is 0 Å². The summed E-state index contributed by atoms with van der Waals surface area (Å²) in [6.07, 6.45) is 3.19. The van der Waals surface area contributed by atoms with Gasteiger partial charge in [0.1, 0.15) is 0 Å². The van der Waals surface area contributed by atoms with Gasteiger partial charge in [-0.15, -0.1) is 0 Å². The molecule has 4 heteroatoms. The van der Waals surface area contributed by atoms with Crippen molar-refractivity contribution in [2.45, 2.75) is 33.1 Å². The Labute approximate surface area is 69.4 Å². The van der Waals surface area contributed by atoms with E-state index in [0.29, 0.717) is 12.5 Å². The summed E-state index contributed by atoms with van der Waals surface area (Å²) < 4.78 is 4.65. The van der Waals surface area contributed by atoms with Crippen molar-refractivity contribution < 1.29 is 14.3 Å². The zero-order chi connectivity index (χ0) is 8.69. The van der Waals surface area contributed by atoms with Gasteiger partial charge in [0, 0.05) is 0 Å². The van der Waals surface area contributed by atoms with E-state index in [2.05, 4.69) is 18.4 Å². The summed E-state index contributed by atoms with van der Waals surface area (Å²) in [6.45, 7) is 4.73. The lowest BCUT2D eigenvalue weighted by molar-refractivity contribution is 0.230. The molecule has 0 saturated carbocycles. The minimum absolute atomic E-state index is 0.463. The van der Waals surface area contributed by atoms with Gasteiger partial charge in [0.05, 0.1) is 6.61 Å². The van der Waals surface area contributed by atoms with Crippen LogP contribution in [0.1, 0.15) is 33.1 Å². The number of rotatable bonds is 6. The molecule has 0 atom stereocenters. The lowest BCUT2D eigenvalue weighted by Crippen LogP contribution is -2.01. The maximum absolute atomic E-state index is 8.41. The van der Waals surface area contributed by atoms with Crippen LogP contribution in [0, 0.1) is 5.92 Å². The zero-order valence-corrected chi connectivity index (χ0v) is 8.05. The van der Waals surface area contributed by atoms with E-state index >= 15 is 0 Å². The van der Waals surface area contributed by atoms with Crippen LogP contribution in [0.15, 0.2) is 0 Å². The van der Waals surface area contributed by atoms with Crippen LogP contribution < -0.4 is 0 Å². The first-order valence-corrected chi connectivity index (χ1v) is 5.18. The third kappa shape index (κ3) is 6.70. The molecular weight excluding hydrogens is 163 g/mol. The molecule has 0 rings (SSSR count). The third-order valence-electron chi connectivity index (χ3n) is 1.89. The molecule has 0 radical (unpaired) electrons. The quantitative estimate of drug-likeness (QED) is 0.615. The molecule has 0 aliphatic heterocycles. The van der Waals surface area contributed by atoms with Crippen LogP contribution in [0.5, 0.6) is 0 Å². The molecule has 0 aliphatic rings. The van der Waals surface area contributed by atoms with Crippen molar-refractivity contribution in [2.75, 3.05) is 6.61 Å². The molecule has 68 valence electrons. The van der Waals surface area contributed by atoms with Gasteiger partial charge in [0.15, 0.2) is 0 Å². The fourth-order valence-corrected chi connectivity index (χ4v) is 1.27. The SMILES string of the molecule is CCC(CC)CCOP(O)O. The summed E-state index contributed by atoms with van der Waals surface area (Å²) in [4.78, 5) is 16.8. The molecule has 0 saturated heterocycles. The maximum atomic E-state index is 8.41. The standard InChI is InChI=1S/C7H17O3P/c1-3-7(4-2)5-6-10-11(8)9/h7-9H,3-6H2,1-2H3. The molecule has 0 fully saturated rings. The molecule has 0 aliphatic carbocycles. The first-order chi connectivity index (χ1) is 5.20. The van der Waals surface area contributed by atoms with Crippen LogP contribution in [0.4, 0.5) is 0 Å². The highest BCUT2D eigenvalue weighted by atomic mass is 31.2. The normalized spacial score (nSPS) is 11.5. The van der Waals surface area contributed by atoms with Gasteiger partial charge in [0.2, 0.25) is 0 Å². The highest BCUT2D eigenvalue weighted by Crippen LogP contribution is 2.25.